The fourth-order valence-corrected chi connectivity index (χ4v) is 2.58. The molecule has 1 fully saturated rings. The van der Waals surface area contributed by atoms with Gasteiger partial charge in [0, 0.05) is 65.0 Å². The molecule has 0 saturated carbocycles. The third kappa shape index (κ3) is 6.43. The van der Waals surface area contributed by atoms with Crippen LogP contribution >= 0.6 is 24.8 Å². The van der Waals surface area contributed by atoms with Gasteiger partial charge in [-0.15, -0.1) is 24.8 Å². The number of likely N-dealkylation sites (N-methyl/N-ethyl adjacent to an activating group) is 1. The molecule has 2 heterocycles. The number of piperazine rings is 1. The Labute approximate surface area is 157 Å². The quantitative estimate of drug-likeness (QED) is 0.807. The third-order valence-corrected chi connectivity index (χ3v) is 4.38. The van der Waals surface area contributed by atoms with Gasteiger partial charge in [0.05, 0.1) is 0 Å². The number of nitrogens with zero attached hydrogens (tertiary/aromatic N) is 4. The van der Waals surface area contributed by atoms with E-state index in [9.17, 15) is 4.79 Å². The van der Waals surface area contributed by atoms with Crippen molar-refractivity contribution in [1.82, 2.24) is 14.8 Å². The number of anilines is 1. The molecular weight excluding hydrogens is 349 g/mol. The van der Waals surface area contributed by atoms with E-state index in [4.69, 9.17) is 5.73 Å². The first-order chi connectivity index (χ1) is 10.6. The summed E-state index contributed by atoms with van der Waals surface area (Å²) in [6, 6.07) is 6.10. The van der Waals surface area contributed by atoms with Gasteiger partial charge in [-0.25, -0.2) is 4.98 Å². The second-order valence-corrected chi connectivity index (χ2v) is 5.86. The van der Waals surface area contributed by atoms with E-state index in [2.05, 4.69) is 14.8 Å². The summed E-state index contributed by atoms with van der Waals surface area (Å²) in [6.07, 6.45) is 2.39. The van der Waals surface area contributed by atoms with Crippen molar-refractivity contribution in [3.8, 4) is 0 Å². The molecule has 24 heavy (non-hydrogen) atoms. The van der Waals surface area contributed by atoms with Crippen molar-refractivity contribution in [2.24, 2.45) is 5.73 Å². The van der Waals surface area contributed by atoms with Crippen LogP contribution < -0.4 is 10.6 Å². The zero-order valence-electron chi connectivity index (χ0n) is 14.4. The molecule has 6 nitrogen and oxygen atoms in total. The topological polar surface area (TPSA) is 65.7 Å². The second kappa shape index (κ2) is 11.5. The molecule has 8 heteroatoms. The van der Waals surface area contributed by atoms with E-state index in [1.807, 2.05) is 38.4 Å². The molecule has 0 spiro atoms. The minimum Gasteiger partial charge on any atom is -0.354 e. The van der Waals surface area contributed by atoms with Crippen LogP contribution in [-0.2, 0) is 4.79 Å². The van der Waals surface area contributed by atoms with E-state index in [-0.39, 0.29) is 36.8 Å². The van der Waals surface area contributed by atoms with Gasteiger partial charge in [0.1, 0.15) is 5.82 Å². The summed E-state index contributed by atoms with van der Waals surface area (Å²) >= 11 is 0. The number of rotatable bonds is 6. The Kier molecular flexibility index (Phi) is 11.0. The predicted octanol–water partition coefficient (Wildman–Crippen LogP) is 1.24. The summed E-state index contributed by atoms with van der Waals surface area (Å²) in [5.74, 6) is 1.21. The molecule has 0 aromatic carbocycles. The van der Waals surface area contributed by atoms with Crippen molar-refractivity contribution in [2.75, 3.05) is 51.2 Å². The van der Waals surface area contributed by atoms with Gasteiger partial charge in [0.15, 0.2) is 0 Å². The Morgan fingerprint density at radius 3 is 2.50 bits per heavy atom. The van der Waals surface area contributed by atoms with Crippen LogP contribution in [0.25, 0.3) is 0 Å². The van der Waals surface area contributed by atoms with Crippen LogP contribution in [0.1, 0.15) is 13.3 Å². The molecule has 2 N–H and O–H groups in total. The van der Waals surface area contributed by atoms with E-state index in [1.165, 1.54) is 0 Å². The fraction of sp³-hybridized carbons (Fsp3) is 0.625. The maximum Gasteiger partial charge on any atom is 0.223 e. The average molecular weight is 378 g/mol. The first-order valence-electron chi connectivity index (χ1n) is 7.96. The van der Waals surface area contributed by atoms with E-state index in [0.717, 1.165) is 38.5 Å². The monoisotopic (exact) mass is 377 g/mol. The number of carbonyl (C=O) groups is 1. The lowest BCUT2D eigenvalue weighted by Crippen LogP contribution is -2.48. The van der Waals surface area contributed by atoms with E-state index in [1.54, 1.807) is 4.90 Å². The molecular formula is C16H29Cl2N5O. The molecule has 1 aromatic heterocycles. The van der Waals surface area contributed by atoms with Crippen LogP contribution in [0.3, 0.4) is 0 Å². The maximum absolute atomic E-state index is 12.1. The van der Waals surface area contributed by atoms with E-state index in [0.29, 0.717) is 13.0 Å². The Morgan fingerprint density at radius 2 is 1.96 bits per heavy atom. The van der Waals surface area contributed by atoms with Crippen molar-refractivity contribution >= 4 is 36.5 Å². The Morgan fingerprint density at radius 1 is 1.29 bits per heavy atom. The predicted molar refractivity (Wildman–Crippen MR) is 103 cm³/mol. The van der Waals surface area contributed by atoms with Gasteiger partial charge < -0.3 is 15.5 Å². The molecule has 0 bridgehead atoms. The smallest absolute Gasteiger partial charge is 0.223 e. The van der Waals surface area contributed by atoms with E-state index < -0.39 is 0 Å². The van der Waals surface area contributed by atoms with Crippen molar-refractivity contribution in [1.29, 1.82) is 0 Å². The molecule has 1 aliphatic heterocycles. The molecule has 1 saturated heterocycles. The fourth-order valence-electron chi connectivity index (χ4n) is 2.58. The summed E-state index contributed by atoms with van der Waals surface area (Å²) < 4.78 is 0. The summed E-state index contributed by atoms with van der Waals surface area (Å²) in [5.41, 5.74) is 5.60. The van der Waals surface area contributed by atoms with Crippen LogP contribution in [0.5, 0.6) is 0 Å². The second-order valence-electron chi connectivity index (χ2n) is 5.86. The average Bonchev–Trinajstić information content (AvgIpc) is 2.59. The van der Waals surface area contributed by atoms with Gasteiger partial charge in [-0.3, -0.25) is 9.69 Å². The third-order valence-electron chi connectivity index (χ3n) is 4.38. The van der Waals surface area contributed by atoms with Crippen LogP contribution in [0.2, 0.25) is 0 Å². The lowest BCUT2D eigenvalue weighted by Gasteiger charge is -2.35. The zero-order valence-corrected chi connectivity index (χ0v) is 16.1. The standard InChI is InChI=1S/C16H27N5O.2ClH/c1-14(13-17)19(2)16(22)6-8-20-9-11-21(12-10-20)15-5-3-4-7-18-15;;/h3-5,7,14H,6,8-13,17H2,1-2H3;2*1H. The lowest BCUT2D eigenvalue weighted by atomic mass is 10.2. The highest BCUT2D eigenvalue weighted by Crippen LogP contribution is 2.12. The minimum absolute atomic E-state index is 0. The van der Waals surface area contributed by atoms with Crippen molar-refractivity contribution < 1.29 is 4.79 Å². The Hall–Kier alpha value is -1.08. The lowest BCUT2D eigenvalue weighted by molar-refractivity contribution is -0.131. The van der Waals surface area contributed by atoms with Gasteiger partial charge >= 0.3 is 0 Å². The molecule has 1 aromatic rings. The number of carbonyl (C=O) groups excluding carboxylic acids is 1. The summed E-state index contributed by atoms with van der Waals surface area (Å²) in [7, 11) is 1.83. The Bertz CT molecular complexity index is 469. The summed E-state index contributed by atoms with van der Waals surface area (Å²) in [4.78, 5) is 22.9. The van der Waals surface area contributed by atoms with Crippen LogP contribution in [-0.4, -0.2) is 73.0 Å². The van der Waals surface area contributed by atoms with Gasteiger partial charge in [-0.2, -0.15) is 0 Å². The number of hydrogen-bond acceptors (Lipinski definition) is 5. The van der Waals surface area contributed by atoms with Gasteiger partial charge in [0.25, 0.3) is 0 Å². The van der Waals surface area contributed by atoms with Crippen molar-refractivity contribution in [3.05, 3.63) is 24.4 Å². The van der Waals surface area contributed by atoms with Gasteiger partial charge in [0.2, 0.25) is 5.91 Å². The minimum atomic E-state index is 0. The normalized spacial score (nSPS) is 15.9. The number of amides is 1. The van der Waals surface area contributed by atoms with Crippen LogP contribution in [0, 0.1) is 0 Å². The Balaban J connectivity index is 0.00000264. The maximum atomic E-state index is 12.1. The van der Waals surface area contributed by atoms with Gasteiger partial charge in [-0.1, -0.05) is 6.07 Å². The number of pyridine rings is 1. The first-order valence-corrected chi connectivity index (χ1v) is 7.96. The molecule has 1 unspecified atom stereocenters. The first kappa shape index (κ1) is 22.9. The number of nitrogens with two attached hydrogens (primary N) is 1. The molecule has 1 aliphatic rings. The largest absolute Gasteiger partial charge is 0.354 e. The number of hydrogen-bond donors (Lipinski definition) is 1. The molecule has 1 amide bonds. The molecule has 2 rings (SSSR count). The molecule has 0 aliphatic carbocycles. The van der Waals surface area contributed by atoms with Gasteiger partial charge in [-0.05, 0) is 19.1 Å². The molecule has 138 valence electrons. The van der Waals surface area contributed by atoms with Crippen molar-refractivity contribution in [3.63, 3.8) is 0 Å². The highest BCUT2D eigenvalue weighted by Gasteiger charge is 2.20. The summed E-state index contributed by atoms with van der Waals surface area (Å²) in [6.45, 7) is 7.16. The van der Waals surface area contributed by atoms with Crippen molar-refractivity contribution in [2.45, 2.75) is 19.4 Å². The van der Waals surface area contributed by atoms with E-state index >= 15 is 0 Å². The van der Waals surface area contributed by atoms with Crippen LogP contribution in [0.4, 0.5) is 5.82 Å². The number of halogens is 2. The highest BCUT2D eigenvalue weighted by atomic mass is 35.5. The summed E-state index contributed by atoms with van der Waals surface area (Å²) in [5, 5.41) is 0. The van der Waals surface area contributed by atoms with Crippen LogP contribution in [0.15, 0.2) is 24.4 Å². The zero-order chi connectivity index (χ0) is 15.9. The SMILES string of the molecule is CC(CN)N(C)C(=O)CCN1CCN(c2ccccn2)CC1.Cl.Cl. The molecule has 1 atom stereocenters. The number of aromatic nitrogens is 1. The molecule has 0 radical (unpaired) electrons. The highest BCUT2D eigenvalue weighted by molar-refractivity contribution is 5.85.